The molecule has 3 aromatic rings. The summed E-state index contributed by atoms with van der Waals surface area (Å²) in [6.45, 7) is 2.54. The summed E-state index contributed by atoms with van der Waals surface area (Å²) in [7, 11) is 0. The highest BCUT2D eigenvalue weighted by atomic mass is 19.4. The quantitative estimate of drug-likeness (QED) is 0.682. The molecule has 1 aromatic heterocycles. The average Bonchev–Trinajstić information content (AvgIpc) is 3.03. The van der Waals surface area contributed by atoms with Gasteiger partial charge in [0.05, 0.1) is 24.0 Å². The molecule has 0 aliphatic heterocycles. The summed E-state index contributed by atoms with van der Waals surface area (Å²) >= 11 is 0. The third-order valence-electron chi connectivity index (χ3n) is 3.80. The molecule has 8 heteroatoms. The van der Waals surface area contributed by atoms with Gasteiger partial charge >= 0.3 is 12.2 Å². The Morgan fingerprint density at radius 2 is 1.78 bits per heavy atom. The first-order valence-electron chi connectivity index (χ1n) is 8.13. The van der Waals surface area contributed by atoms with Crippen molar-refractivity contribution in [2.45, 2.75) is 19.6 Å². The smallest absolute Gasteiger partial charge is 0.308 e. The van der Waals surface area contributed by atoms with Crippen LogP contribution in [0, 0.1) is 6.92 Å². The number of anilines is 2. The molecule has 2 amide bonds. The summed E-state index contributed by atoms with van der Waals surface area (Å²) in [4.78, 5) is 12.0. The third kappa shape index (κ3) is 5.10. The van der Waals surface area contributed by atoms with E-state index in [0.29, 0.717) is 12.2 Å². The summed E-state index contributed by atoms with van der Waals surface area (Å²) in [5.74, 6) is 0. The predicted octanol–water partition coefficient (Wildman–Crippen LogP) is 4.90. The molecule has 0 aliphatic rings. The van der Waals surface area contributed by atoms with Crippen LogP contribution in [0.15, 0.2) is 60.9 Å². The number of carbonyl (C=O) groups excluding carboxylic acids is 1. The lowest BCUT2D eigenvalue weighted by atomic mass is 10.1. The van der Waals surface area contributed by atoms with Crippen LogP contribution in [0.5, 0.6) is 0 Å². The second kappa shape index (κ2) is 7.53. The minimum absolute atomic E-state index is 0.0503. The van der Waals surface area contributed by atoms with Gasteiger partial charge in [0.25, 0.3) is 0 Å². The number of halogens is 3. The molecule has 2 N–H and O–H groups in total. The molecule has 3 rings (SSSR count). The maximum atomic E-state index is 12.7. The number of benzene rings is 2. The molecule has 0 saturated carbocycles. The Bertz CT molecular complexity index is 933. The number of aryl methyl sites for hydroxylation is 1. The van der Waals surface area contributed by atoms with Crippen LogP contribution < -0.4 is 10.6 Å². The normalized spacial score (nSPS) is 11.3. The fraction of sp³-hybridized carbons (Fsp3) is 0.158. The molecule has 0 atom stereocenters. The van der Waals surface area contributed by atoms with Crippen molar-refractivity contribution in [3.63, 3.8) is 0 Å². The molecule has 1 heterocycles. The first-order valence-corrected chi connectivity index (χ1v) is 8.13. The highest BCUT2D eigenvalue weighted by Gasteiger charge is 2.30. The van der Waals surface area contributed by atoms with Gasteiger partial charge in [-0.2, -0.15) is 18.3 Å². The topological polar surface area (TPSA) is 59.0 Å². The number of amides is 2. The molecule has 2 aromatic carbocycles. The van der Waals surface area contributed by atoms with Crippen LogP contribution in [0.1, 0.15) is 16.7 Å². The van der Waals surface area contributed by atoms with Crippen molar-refractivity contribution >= 4 is 17.4 Å². The van der Waals surface area contributed by atoms with Crippen molar-refractivity contribution in [1.82, 2.24) is 9.78 Å². The summed E-state index contributed by atoms with van der Waals surface area (Å²) in [6.07, 6.45) is -1.35. The van der Waals surface area contributed by atoms with Crippen LogP contribution in [0.4, 0.5) is 29.3 Å². The second-order valence-electron chi connectivity index (χ2n) is 6.07. The van der Waals surface area contributed by atoms with Crippen LogP contribution in [0.25, 0.3) is 0 Å². The van der Waals surface area contributed by atoms with Crippen molar-refractivity contribution < 1.29 is 18.0 Å². The van der Waals surface area contributed by atoms with E-state index in [1.165, 1.54) is 18.3 Å². The highest BCUT2D eigenvalue weighted by molar-refractivity contribution is 5.99. The average molecular weight is 374 g/mol. The van der Waals surface area contributed by atoms with Crippen LogP contribution in [-0.4, -0.2) is 15.8 Å². The van der Waals surface area contributed by atoms with Gasteiger partial charge in [0.1, 0.15) is 0 Å². The lowest BCUT2D eigenvalue weighted by Gasteiger charge is -2.10. The Hall–Kier alpha value is -3.29. The van der Waals surface area contributed by atoms with E-state index in [2.05, 4.69) is 15.7 Å². The number of hydrogen-bond donors (Lipinski definition) is 2. The van der Waals surface area contributed by atoms with Gasteiger partial charge in [0.15, 0.2) is 0 Å². The van der Waals surface area contributed by atoms with Crippen LogP contribution >= 0.6 is 0 Å². The SMILES string of the molecule is Cc1ccc(Cn2cc(NC(=O)Nc3cccc(C(F)(F)F)c3)cn2)cc1. The van der Waals surface area contributed by atoms with Crippen molar-refractivity contribution in [3.05, 3.63) is 77.6 Å². The van der Waals surface area contributed by atoms with Crippen molar-refractivity contribution in [1.29, 1.82) is 0 Å². The first-order chi connectivity index (χ1) is 12.8. The Labute approximate surface area is 153 Å². The Balaban J connectivity index is 1.60. The number of rotatable bonds is 4. The molecule has 0 fully saturated rings. The molecule has 0 spiro atoms. The summed E-state index contributed by atoms with van der Waals surface area (Å²) in [5, 5.41) is 9.10. The number of nitrogens with zero attached hydrogens (tertiary/aromatic N) is 2. The monoisotopic (exact) mass is 374 g/mol. The molecule has 0 unspecified atom stereocenters. The van der Waals surface area contributed by atoms with Gasteiger partial charge in [-0.3, -0.25) is 4.68 Å². The zero-order valence-electron chi connectivity index (χ0n) is 14.4. The molecule has 5 nitrogen and oxygen atoms in total. The van der Waals surface area contributed by atoms with E-state index in [-0.39, 0.29) is 5.69 Å². The van der Waals surface area contributed by atoms with E-state index < -0.39 is 17.8 Å². The number of aromatic nitrogens is 2. The van der Waals surface area contributed by atoms with Gasteiger partial charge in [0.2, 0.25) is 0 Å². The van der Waals surface area contributed by atoms with E-state index in [0.717, 1.165) is 23.3 Å². The maximum absolute atomic E-state index is 12.7. The van der Waals surface area contributed by atoms with E-state index in [1.54, 1.807) is 10.9 Å². The fourth-order valence-electron chi connectivity index (χ4n) is 2.46. The molecule has 140 valence electrons. The molecular weight excluding hydrogens is 357 g/mol. The van der Waals surface area contributed by atoms with Gasteiger partial charge in [-0.1, -0.05) is 35.9 Å². The minimum atomic E-state index is -4.47. The molecular formula is C19H17F3N4O. The summed E-state index contributed by atoms with van der Waals surface area (Å²) in [6, 6.07) is 11.8. The molecule has 0 bridgehead atoms. The third-order valence-corrected chi connectivity index (χ3v) is 3.80. The number of alkyl halides is 3. The van der Waals surface area contributed by atoms with Crippen LogP contribution in [0.2, 0.25) is 0 Å². The Morgan fingerprint density at radius 1 is 1.07 bits per heavy atom. The summed E-state index contributed by atoms with van der Waals surface area (Å²) in [5.41, 5.74) is 1.88. The van der Waals surface area contributed by atoms with Crippen molar-refractivity contribution in [3.8, 4) is 0 Å². The van der Waals surface area contributed by atoms with Crippen LogP contribution in [0.3, 0.4) is 0 Å². The number of urea groups is 1. The standard InChI is InChI=1S/C19H17F3N4O/c1-13-5-7-14(8-6-13)11-26-12-17(10-23-26)25-18(27)24-16-4-2-3-15(9-16)19(20,21)22/h2-10,12H,11H2,1H3,(H2,24,25,27). The van der Waals surface area contributed by atoms with E-state index >= 15 is 0 Å². The van der Waals surface area contributed by atoms with Crippen LogP contribution in [-0.2, 0) is 12.7 Å². The first kappa shape index (κ1) is 18.5. The Morgan fingerprint density at radius 3 is 2.48 bits per heavy atom. The molecule has 0 radical (unpaired) electrons. The van der Waals surface area contributed by atoms with Gasteiger partial charge in [-0.05, 0) is 30.7 Å². The zero-order valence-corrected chi connectivity index (χ0v) is 14.4. The largest absolute Gasteiger partial charge is 0.416 e. The van der Waals surface area contributed by atoms with Gasteiger partial charge in [0, 0.05) is 11.9 Å². The Kier molecular flexibility index (Phi) is 5.16. The van der Waals surface area contributed by atoms with E-state index in [4.69, 9.17) is 0 Å². The fourth-order valence-corrected chi connectivity index (χ4v) is 2.46. The predicted molar refractivity (Wildman–Crippen MR) is 96.6 cm³/mol. The van der Waals surface area contributed by atoms with E-state index in [9.17, 15) is 18.0 Å². The van der Waals surface area contributed by atoms with Gasteiger partial charge in [-0.25, -0.2) is 4.79 Å². The number of hydrogen-bond acceptors (Lipinski definition) is 2. The number of nitrogens with one attached hydrogen (secondary N) is 2. The van der Waals surface area contributed by atoms with Gasteiger partial charge in [-0.15, -0.1) is 0 Å². The highest BCUT2D eigenvalue weighted by Crippen LogP contribution is 2.30. The molecule has 0 saturated heterocycles. The minimum Gasteiger partial charge on any atom is -0.308 e. The molecule has 27 heavy (non-hydrogen) atoms. The second-order valence-corrected chi connectivity index (χ2v) is 6.07. The van der Waals surface area contributed by atoms with Crippen molar-refractivity contribution in [2.24, 2.45) is 0 Å². The van der Waals surface area contributed by atoms with Crippen molar-refractivity contribution in [2.75, 3.05) is 10.6 Å². The lowest BCUT2D eigenvalue weighted by molar-refractivity contribution is -0.137. The molecule has 0 aliphatic carbocycles. The zero-order chi connectivity index (χ0) is 19.4. The summed E-state index contributed by atoms with van der Waals surface area (Å²) < 4.78 is 39.8. The number of carbonyl (C=O) groups is 1. The maximum Gasteiger partial charge on any atom is 0.416 e. The van der Waals surface area contributed by atoms with Gasteiger partial charge < -0.3 is 10.6 Å². The van der Waals surface area contributed by atoms with E-state index in [1.807, 2.05) is 31.2 Å². The lowest BCUT2D eigenvalue weighted by Crippen LogP contribution is -2.19.